The van der Waals surface area contributed by atoms with Crippen LogP contribution in [0.4, 0.5) is 0 Å². The summed E-state index contributed by atoms with van der Waals surface area (Å²) in [5, 5.41) is 6.63. The van der Waals surface area contributed by atoms with Gasteiger partial charge >= 0.3 is 0 Å². The van der Waals surface area contributed by atoms with Crippen LogP contribution in [-0.4, -0.2) is 38.2 Å². The van der Waals surface area contributed by atoms with Crippen molar-refractivity contribution in [3.63, 3.8) is 0 Å². The highest BCUT2D eigenvalue weighted by atomic mass is 35.5. The van der Waals surface area contributed by atoms with Gasteiger partial charge in [-0.1, -0.05) is 35.9 Å². The summed E-state index contributed by atoms with van der Waals surface area (Å²) in [4.78, 5) is 27.2. The van der Waals surface area contributed by atoms with E-state index in [1.165, 1.54) is 0 Å². The molecule has 0 radical (unpaired) electrons. The van der Waals surface area contributed by atoms with E-state index in [0.717, 1.165) is 5.56 Å². The van der Waals surface area contributed by atoms with Gasteiger partial charge in [0.25, 0.3) is 0 Å². The molecule has 2 atom stereocenters. The molecule has 4 rings (SSSR count). The second-order valence-electron chi connectivity index (χ2n) is 10.5. The average molecular weight is 593 g/mol. The molecule has 42 heavy (non-hydrogen) atoms. The SMILES string of the molecule is COc1cc(/C=C2/C(=O)N[C@H](c3ccc(OC(C)C)c(OC)c3)[C@H]2C(=O)NCc2ccc(Cl)cc2)ccc1OC(C)C. The Balaban J connectivity index is 1.72. The molecule has 0 aromatic heterocycles. The molecule has 9 heteroatoms. The van der Waals surface area contributed by atoms with E-state index >= 15 is 0 Å². The summed E-state index contributed by atoms with van der Waals surface area (Å²) in [5.74, 6) is 0.750. The minimum Gasteiger partial charge on any atom is -0.493 e. The third-order valence-corrected chi connectivity index (χ3v) is 6.91. The van der Waals surface area contributed by atoms with Crippen molar-refractivity contribution in [2.45, 2.75) is 52.5 Å². The summed E-state index contributed by atoms with van der Waals surface area (Å²) in [5.41, 5.74) is 2.62. The van der Waals surface area contributed by atoms with E-state index < -0.39 is 12.0 Å². The molecule has 0 bridgehead atoms. The van der Waals surface area contributed by atoms with Crippen LogP contribution in [0.2, 0.25) is 5.02 Å². The number of carbonyl (C=O) groups is 2. The van der Waals surface area contributed by atoms with Crippen molar-refractivity contribution in [1.82, 2.24) is 10.6 Å². The smallest absolute Gasteiger partial charge is 0.248 e. The van der Waals surface area contributed by atoms with Gasteiger partial charge in [0.1, 0.15) is 0 Å². The van der Waals surface area contributed by atoms with Gasteiger partial charge in [0, 0.05) is 17.1 Å². The van der Waals surface area contributed by atoms with Crippen LogP contribution in [-0.2, 0) is 16.1 Å². The number of hydrogen-bond acceptors (Lipinski definition) is 6. The highest BCUT2D eigenvalue weighted by molar-refractivity contribution is 6.30. The fourth-order valence-electron chi connectivity index (χ4n) is 4.79. The van der Waals surface area contributed by atoms with E-state index in [1.807, 2.05) is 52.0 Å². The summed E-state index contributed by atoms with van der Waals surface area (Å²) in [6.07, 6.45) is 1.63. The van der Waals surface area contributed by atoms with Gasteiger partial charge in [-0.05, 0) is 86.9 Å². The Hall–Kier alpha value is -4.17. The van der Waals surface area contributed by atoms with Gasteiger partial charge in [0.05, 0.1) is 38.4 Å². The van der Waals surface area contributed by atoms with Crippen LogP contribution in [0, 0.1) is 5.92 Å². The van der Waals surface area contributed by atoms with Gasteiger partial charge in [0.2, 0.25) is 11.8 Å². The predicted molar refractivity (Wildman–Crippen MR) is 163 cm³/mol. The predicted octanol–water partition coefficient (Wildman–Crippen LogP) is 6.12. The van der Waals surface area contributed by atoms with E-state index in [9.17, 15) is 9.59 Å². The third-order valence-electron chi connectivity index (χ3n) is 6.66. The lowest BCUT2D eigenvalue weighted by Gasteiger charge is -2.21. The van der Waals surface area contributed by atoms with Crippen molar-refractivity contribution < 1.29 is 28.5 Å². The first-order chi connectivity index (χ1) is 20.1. The second-order valence-corrected chi connectivity index (χ2v) is 11.0. The lowest BCUT2D eigenvalue weighted by atomic mass is 9.88. The first-order valence-electron chi connectivity index (χ1n) is 13.8. The van der Waals surface area contributed by atoms with Crippen molar-refractivity contribution in [2.24, 2.45) is 5.92 Å². The van der Waals surface area contributed by atoms with Crippen molar-refractivity contribution >= 4 is 29.5 Å². The zero-order valence-electron chi connectivity index (χ0n) is 24.7. The minimum absolute atomic E-state index is 0.0347. The Morgan fingerprint density at radius 3 is 2.07 bits per heavy atom. The largest absolute Gasteiger partial charge is 0.493 e. The molecule has 1 saturated heterocycles. The van der Waals surface area contributed by atoms with Gasteiger partial charge in [0.15, 0.2) is 23.0 Å². The summed E-state index contributed by atoms with van der Waals surface area (Å²) in [6, 6.07) is 17.4. The van der Waals surface area contributed by atoms with E-state index in [4.69, 9.17) is 30.5 Å². The van der Waals surface area contributed by atoms with Crippen LogP contribution in [0.25, 0.3) is 6.08 Å². The molecule has 0 unspecified atom stereocenters. The number of rotatable bonds is 11. The number of benzene rings is 3. The van der Waals surface area contributed by atoms with Crippen LogP contribution >= 0.6 is 11.6 Å². The standard InChI is InChI=1S/C33H37ClN2O6/c1-19(2)41-26-13-9-22(16-28(26)39-5)15-25-30(33(38)35-18-21-7-11-24(34)12-8-21)31(36-32(25)37)23-10-14-27(42-20(3)4)29(17-23)40-6/h7-17,19-20,30-31H,18H2,1-6H3,(H,35,38)(H,36,37)/b25-15+/t30-,31+/m0/s1. The molecule has 1 heterocycles. The maximum atomic E-state index is 13.8. The normalized spacial score (nSPS) is 17.4. The van der Waals surface area contributed by atoms with E-state index in [-0.39, 0.29) is 30.6 Å². The molecule has 222 valence electrons. The van der Waals surface area contributed by atoms with Crippen molar-refractivity contribution in [3.8, 4) is 23.0 Å². The van der Waals surface area contributed by atoms with Gasteiger partial charge in [-0.25, -0.2) is 0 Å². The van der Waals surface area contributed by atoms with Gasteiger partial charge in [-0.2, -0.15) is 0 Å². The first-order valence-corrected chi connectivity index (χ1v) is 14.2. The monoisotopic (exact) mass is 592 g/mol. The number of halogens is 1. The molecule has 8 nitrogen and oxygen atoms in total. The highest BCUT2D eigenvalue weighted by Gasteiger charge is 2.43. The molecule has 1 fully saturated rings. The Labute approximate surface area is 252 Å². The molecule has 2 amide bonds. The van der Waals surface area contributed by atoms with Crippen LogP contribution < -0.4 is 29.6 Å². The molecule has 1 aliphatic heterocycles. The molecule has 0 saturated carbocycles. The second kappa shape index (κ2) is 13.7. The first kappa shape index (κ1) is 30.8. The molecule has 0 spiro atoms. The fraction of sp³-hybridized carbons (Fsp3) is 0.333. The molecule has 3 aromatic rings. The number of nitrogens with one attached hydrogen (secondary N) is 2. The summed E-state index contributed by atoms with van der Waals surface area (Å²) >= 11 is 6.02. The summed E-state index contributed by atoms with van der Waals surface area (Å²) < 4.78 is 22.8. The third kappa shape index (κ3) is 7.36. The van der Waals surface area contributed by atoms with E-state index in [2.05, 4.69) is 10.6 Å². The maximum Gasteiger partial charge on any atom is 0.248 e. The van der Waals surface area contributed by atoms with Crippen LogP contribution in [0.3, 0.4) is 0 Å². The Bertz CT molecular complexity index is 1450. The Morgan fingerprint density at radius 1 is 0.881 bits per heavy atom. The lowest BCUT2D eigenvalue weighted by molar-refractivity contribution is -0.124. The number of hydrogen-bond donors (Lipinski definition) is 2. The Morgan fingerprint density at radius 2 is 1.48 bits per heavy atom. The zero-order valence-corrected chi connectivity index (χ0v) is 25.5. The van der Waals surface area contributed by atoms with Gasteiger partial charge in [-0.3, -0.25) is 9.59 Å². The maximum absolute atomic E-state index is 13.8. The number of methoxy groups -OCH3 is 2. The Kier molecular flexibility index (Phi) is 10.0. The number of amides is 2. The molecular weight excluding hydrogens is 556 g/mol. The molecule has 3 aromatic carbocycles. The number of ether oxygens (including phenoxy) is 4. The fourth-order valence-corrected chi connectivity index (χ4v) is 4.91. The van der Waals surface area contributed by atoms with Crippen LogP contribution in [0.15, 0.2) is 66.2 Å². The molecule has 2 N–H and O–H groups in total. The van der Waals surface area contributed by atoms with Gasteiger partial charge < -0.3 is 29.6 Å². The summed E-state index contributed by atoms with van der Waals surface area (Å²) in [7, 11) is 3.12. The number of carbonyl (C=O) groups excluding carboxylic acids is 2. The summed E-state index contributed by atoms with van der Waals surface area (Å²) in [6.45, 7) is 8.00. The average Bonchev–Trinajstić information content (AvgIpc) is 3.28. The van der Waals surface area contributed by atoms with Crippen LogP contribution in [0.1, 0.15) is 50.4 Å². The molecule has 1 aliphatic rings. The van der Waals surface area contributed by atoms with Gasteiger partial charge in [-0.15, -0.1) is 0 Å². The van der Waals surface area contributed by atoms with E-state index in [0.29, 0.717) is 44.7 Å². The molecular formula is C33H37ClN2O6. The van der Waals surface area contributed by atoms with Crippen LogP contribution in [0.5, 0.6) is 23.0 Å². The van der Waals surface area contributed by atoms with E-state index in [1.54, 1.807) is 56.7 Å². The van der Waals surface area contributed by atoms with Crippen molar-refractivity contribution in [3.05, 3.63) is 87.9 Å². The minimum atomic E-state index is -0.830. The molecule has 0 aliphatic carbocycles. The topological polar surface area (TPSA) is 95.1 Å². The highest BCUT2D eigenvalue weighted by Crippen LogP contribution is 2.40. The lowest BCUT2D eigenvalue weighted by Crippen LogP contribution is -2.34. The quantitative estimate of drug-likeness (QED) is 0.261. The zero-order chi connectivity index (χ0) is 30.4. The van der Waals surface area contributed by atoms with Crippen molar-refractivity contribution in [2.75, 3.05) is 14.2 Å². The van der Waals surface area contributed by atoms with Crippen molar-refractivity contribution in [1.29, 1.82) is 0 Å².